The molecule has 3 rings (SSSR count). The van der Waals surface area contributed by atoms with Crippen molar-refractivity contribution in [1.82, 2.24) is 9.71 Å². The Balaban J connectivity index is 1.93. The number of hydrogen-bond donors (Lipinski definition) is 1. The Labute approximate surface area is 115 Å². The van der Waals surface area contributed by atoms with Gasteiger partial charge in [0.25, 0.3) is 0 Å². The van der Waals surface area contributed by atoms with Crippen LogP contribution in [0, 0.1) is 12.1 Å². The molecule has 0 aliphatic rings. The summed E-state index contributed by atoms with van der Waals surface area (Å²) in [7, 11) is 0. The van der Waals surface area contributed by atoms with Gasteiger partial charge in [-0.15, -0.1) is 0 Å². The standard InChI is InChI=1S/C14H12N5O/c1-9-6-10(15)2-4-12(9)18-17-11-3-5-14-13(7-11)16-8-19(14)20/h2-8H,15H2,1H3/q-1. The van der Waals surface area contributed by atoms with Gasteiger partial charge in [0.2, 0.25) is 0 Å². The van der Waals surface area contributed by atoms with E-state index in [0.717, 1.165) is 16.0 Å². The molecule has 0 aliphatic carbocycles. The summed E-state index contributed by atoms with van der Waals surface area (Å²) in [6.07, 6.45) is 1.23. The van der Waals surface area contributed by atoms with E-state index in [9.17, 15) is 5.21 Å². The van der Waals surface area contributed by atoms with Gasteiger partial charge in [-0.2, -0.15) is 10.2 Å². The predicted molar refractivity (Wildman–Crippen MR) is 78.3 cm³/mol. The van der Waals surface area contributed by atoms with Crippen LogP contribution in [0.2, 0.25) is 0 Å². The molecule has 3 aromatic rings. The molecule has 0 saturated heterocycles. The fourth-order valence-electron chi connectivity index (χ4n) is 1.94. The molecule has 0 fully saturated rings. The van der Waals surface area contributed by atoms with Gasteiger partial charge < -0.3 is 15.7 Å². The van der Waals surface area contributed by atoms with Crippen molar-refractivity contribution in [3.8, 4) is 0 Å². The third-order valence-electron chi connectivity index (χ3n) is 2.99. The van der Waals surface area contributed by atoms with Crippen LogP contribution in [-0.4, -0.2) is 9.71 Å². The van der Waals surface area contributed by atoms with Crippen molar-refractivity contribution in [1.29, 1.82) is 0 Å². The summed E-state index contributed by atoms with van der Waals surface area (Å²) in [6, 6.07) is 10.6. The fourth-order valence-corrected chi connectivity index (χ4v) is 1.94. The largest absolute Gasteiger partial charge is 0.805 e. The van der Waals surface area contributed by atoms with E-state index in [0.29, 0.717) is 22.4 Å². The molecule has 100 valence electrons. The quantitative estimate of drug-likeness (QED) is 0.566. The van der Waals surface area contributed by atoms with E-state index in [1.807, 2.05) is 19.1 Å². The van der Waals surface area contributed by atoms with Gasteiger partial charge in [-0.05, 0) is 48.9 Å². The van der Waals surface area contributed by atoms with Crippen LogP contribution < -0.4 is 5.73 Å². The van der Waals surface area contributed by atoms with Crippen molar-refractivity contribution in [2.75, 3.05) is 5.73 Å². The number of hydrogen-bond acceptors (Lipinski definition) is 5. The number of fused-ring (bicyclic) bond motifs is 1. The first-order valence-electron chi connectivity index (χ1n) is 6.06. The monoisotopic (exact) mass is 266 g/mol. The van der Waals surface area contributed by atoms with Gasteiger partial charge in [0.1, 0.15) is 0 Å². The average molecular weight is 266 g/mol. The lowest BCUT2D eigenvalue weighted by atomic mass is 10.2. The number of imidazole rings is 1. The molecular formula is C14H12N5O-. The Morgan fingerprint density at radius 2 is 2.00 bits per heavy atom. The Kier molecular flexibility index (Phi) is 2.83. The molecule has 2 aromatic carbocycles. The minimum Gasteiger partial charge on any atom is -0.805 e. The van der Waals surface area contributed by atoms with Gasteiger partial charge in [-0.3, -0.25) is 0 Å². The van der Waals surface area contributed by atoms with Gasteiger partial charge in [-0.25, -0.2) is 4.98 Å². The topological polar surface area (TPSA) is 91.6 Å². The highest BCUT2D eigenvalue weighted by Gasteiger charge is 2.00. The molecule has 0 atom stereocenters. The molecule has 1 aromatic heterocycles. The van der Waals surface area contributed by atoms with E-state index in [4.69, 9.17) is 5.73 Å². The van der Waals surface area contributed by atoms with Crippen LogP contribution in [0.4, 0.5) is 17.1 Å². The summed E-state index contributed by atoms with van der Waals surface area (Å²) < 4.78 is 0.723. The third kappa shape index (κ3) is 2.18. The first-order valence-corrected chi connectivity index (χ1v) is 6.06. The van der Waals surface area contributed by atoms with Crippen LogP contribution in [0.3, 0.4) is 0 Å². The van der Waals surface area contributed by atoms with Crippen LogP contribution in [0.15, 0.2) is 53.0 Å². The van der Waals surface area contributed by atoms with Crippen molar-refractivity contribution < 1.29 is 0 Å². The van der Waals surface area contributed by atoms with Gasteiger partial charge in [-0.1, -0.05) is 0 Å². The van der Waals surface area contributed by atoms with Crippen molar-refractivity contribution in [2.24, 2.45) is 10.2 Å². The summed E-state index contributed by atoms with van der Waals surface area (Å²) in [5.74, 6) is 0. The summed E-state index contributed by atoms with van der Waals surface area (Å²) >= 11 is 0. The number of benzene rings is 2. The first-order chi connectivity index (χ1) is 9.63. The number of aromatic nitrogens is 2. The molecule has 0 unspecified atom stereocenters. The zero-order chi connectivity index (χ0) is 14.1. The molecule has 0 amide bonds. The molecule has 0 spiro atoms. The minimum atomic E-state index is 0.521. The second-order valence-electron chi connectivity index (χ2n) is 4.49. The van der Waals surface area contributed by atoms with E-state index in [-0.39, 0.29) is 0 Å². The lowest BCUT2D eigenvalue weighted by Crippen LogP contribution is -1.84. The Hall–Kier alpha value is -2.89. The number of nitrogens with zero attached hydrogens (tertiary/aromatic N) is 4. The summed E-state index contributed by atoms with van der Waals surface area (Å²) in [5.41, 5.74) is 9.87. The van der Waals surface area contributed by atoms with E-state index in [1.165, 1.54) is 6.33 Å². The van der Waals surface area contributed by atoms with Gasteiger partial charge in [0.05, 0.1) is 28.7 Å². The SMILES string of the molecule is Cc1cc(N)ccc1N=Nc1ccc2c(c1)ncn2[O-]. The maximum absolute atomic E-state index is 11.3. The summed E-state index contributed by atoms with van der Waals surface area (Å²) in [5, 5.41) is 19.7. The number of aryl methyl sites for hydroxylation is 1. The predicted octanol–water partition coefficient (Wildman–Crippen LogP) is 3.69. The van der Waals surface area contributed by atoms with E-state index in [2.05, 4.69) is 15.2 Å². The number of rotatable bonds is 2. The van der Waals surface area contributed by atoms with E-state index < -0.39 is 0 Å². The molecule has 0 radical (unpaired) electrons. The molecule has 0 aliphatic heterocycles. The van der Waals surface area contributed by atoms with Crippen LogP contribution in [0.5, 0.6) is 0 Å². The Morgan fingerprint density at radius 3 is 2.80 bits per heavy atom. The zero-order valence-electron chi connectivity index (χ0n) is 10.8. The van der Waals surface area contributed by atoms with Crippen molar-refractivity contribution in [3.05, 3.63) is 53.5 Å². The van der Waals surface area contributed by atoms with Crippen LogP contribution >= 0.6 is 0 Å². The number of anilines is 1. The molecule has 0 saturated carbocycles. The minimum absolute atomic E-state index is 0.521. The Bertz CT molecular complexity index is 806. The molecule has 0 bridgehead atoms. The maximum Gasteiger partial charge on any atom is 0.0911 e. The van der Waals surface area contributed by atoms with Crippen LogP contribution in [0.25, 0.3) is 11.0 Å². The van der Waals surface area contributed by atoms with Crippen molar-refractivity contribution in [2.45, 2.75) is 6.92 Å². The third-order valence-corrected chi connectivity index (χ3v) is 2.99. The average Bonchev–Trinajstić information content (AvgIpc) is 2.79. The molecule has 6 heteroatoms. The lowest BCUT2D eigenvalue weighted by Gasteiger charge is -2.05. The maximum atomic E-state index is 11.3. The summed E-state index contributed by atoms with van der Waals surface area (Å²) in [6.45, 7) is 1.92. The highest BCUT2D eigenvalue weighted by atomic mass is 16.5. The molecule has 20 heavy (non-hydrogen) atoms. The highest BCUT2D eigenvalue weighted by molar-refractivity contribution is 5.79. The number of nitrogen functional groups attached to an aromatic ring is 1. The molecular weight excluding hydrogens is 254 g/mol. The lowest BCUT2D eigenvalue weighted by molar-refractivity contribution is 1.11. The number of azo groups is 1. The summed E-state index contributed by atoms with van der Waals surface area (Å²) in [4.78, 5) is 4.00. The van der Waals surface area contributed by atoms with Crippen LogP contribution in [0.1, 0.15) is 5.56 Å². The molecule has 2 N–H and O–H groups in total. The second kappa shape index (κ2) is 4.65. The van der Waals surface area contributed by atoms with Gasteiger partial charge in [0.15, 0.2) is 0 Å². The second-order valence-corrected chi connectivity index (χ2v) is 4.49. The highest BCUT2D eigenvalue weighted by Crippen LogP contribution is 2.25. The number of nitrogens with two attached hydrogens (primary N) is 1. The Morgan fingerprint density at radius 1 is 1.15 bits per heavy atom. The molecule has 1 heterocycles. The first kappa shape index (κ1) is 12.2. The smallest absolute Gasteiger partial charge is 0.0911 e. The van der Waals surface area contributed by atoms with Crippen molar-refractivity contribution >= 4 is 28.1 Å². The fraction of sp³-hybridized carbons (Fsp3) is 0.0714. The zero-order valence-corrected chi connectivity index (χ0v) is 10.8. The molecule has 6 nitrogen and oxygen atoms in total. The van der Waals surface area contributed by atoms with Gasteiger partial charge >= 0.3 is 0 Å². The van der Waals surface area contributed by atoms with Crippen LogP contribution in [-0.2, 0) is 0 Å². The van der Waals surface area contributed by atoms with E-state index >= 15 is 0 Å². The van der Waals surface area contributed by atoms with E-state index in [1.54, 1.807) is 24.3 Å². The van der Waals surface area contributed by atoms with Crippen molar-refractivity contribution in [3.63, 3.8) is 0 Å². The van der Waals surface area contributed by atoms with Gasteiger partial charge in [0, 0.05) is 5.69 Å². The normalized spacial score (nSPS) is 11.4.